The molecule has 0 radical (unpaired) electrons. The molecule has 1 saturated heterocycles. The summed E-state index contributed by atoms with van der Waals surface area (Å²) in [5, 5.41) is 0. The van der Waals surface area contributed by atoms with Gasteiger partial charge < -0.3 is 14.2 Å². The van der Waals surface area contributed by atoms with Crippen molar-refractivity contribution in [1.29, 1.82) is 0 Å². The Hall–Kier alpha value is -3.10. The fraction of sp³-hybridized carbons (Fsp3) is 0.278. The molecule has 4 rings (SSSR count). The van der Waals surface area contributed by atoms with Gasteiger partial charge in [0.15, 0.2) is 0 Å². The topological polar surface area (TPSA) is 60.2 Å². The number of para-hydroxylation sites is 2. The molecule has 0 unspecified atom stereocenters. The summed E-state index contributed by atoms with van der Waals surface area (Å²) in [6, 6.07) is 11.0. The molecule has 1 aliphatic rings. The van der Waals surface area contributed by atoms with E-state index in [0.29, 0.717) is 13.1 Å². The predicted molar refractivity (Wildman–Crippen MR) is 90.0 cm³/mol. The van der Waals surface area contributed by atoms with E-state index in [9.17, 15) is 18.0 Å². The zero-order chi connectivity index (χ0) is 19.0. The Morgan fingerprint density at radius 3 is 2.70 bits per heavy atom. The number of carbonyl (C=O) groups excluding carboxylic acids is 1. The van der Waals surface area contributed by atoms with Gasteiger partial charge in [0.1, 0.15) is 18.3 Å². The normalized spacial score (nSPS) is 15.0. The number of amides is 1. The second-order valence-corrected chi connectivity index (χ2v) is 6.26. The molecular formula is C18H15F3N4O2. The number of nitrogens with zero attached hydrogens (tertiary/aromatic N) is 4. The Labute approximate surface area is 152 Å². The van der Waals surface area contributed by atoms with Gasteiger partial charge in [-0.15, -0.1) is 0 Å². The van der Waals surface area contributed by atoms with E-state index >= 15 is 0 Å². The molecule has 0 N–H and O–H groups in total. The van der Waals surface area contributed by atoms with Crippen LogP contribution in [0.2, 0.25) is 0 Å². The average Bonchev–Trinajstić information content (AvgIpc) is 3.00. The summed E-state index contributed by atoms with van der Waals surface area (Å²) in [5.74, 6) is -0.197. The van der Waals surface area contributed by atoms with Crippen LogP contribution in [0, 0.1) is 0 Å². The van der Waals surface area contributed by atoms with Crippen LogP contribution in [0.25, 0.3) is 11.0 Å². The van der Waals surface area contributed by atoms with Gasteiger partial charge in [0.25, 0.3) is 0 Å². The summed E-state index contributed by atoms with van der Waals surface area (Å²) in [5.41, 5.74) is 0.678. The Kier molecular flexibility index (Phi) is 4.21. The molecule has 0 aliphatic carbocycles. The van der Waals surface area contributed by atoms with Crippen molar-refractivity contribution in [1.82, 2.24) is 19.4 Å². The molecule has 1 fully saturated rings. The van der Waals surface area contributed by atoms with Crippen molar-refractivity contribution in [2.24, 2.45) is 0 Å². The first-order chi connectivity index (χ1) is 12.9. The largest absolute Gasteiger partial charge is 0.471 e. The minimum Gasteiger partial charge on any atom is -0.471 e. The molecule has 0 spiro atoms. The first kappa shape index (κ1) is 17.3. The third kappa shape index (κ3) is 3.57. The Morgan fingerprint density at radius 2 is 1.93 bits per heavy atom. The molecule has 0 saturated carbocycles. The summed E-state index contributed by atoms with van der Waals surface area (Å²) in [7, 11) is 0. The Morgan fingerprint density at radius 1 is 1.15 bits per heavy atom. The van der Waals surface area contributed by atoms with Gasteiger partial charge in [-0.3, -0.25) is 4.79 Å². The minimum atomic E-state index is -4.52. The van der Waals surface area contributed by atoms with Crippen molar-refractivity contribution < 1.29 is 22.7 Å². The van der Waals surface area contributed by atoms with Gasteiger partial charge in [-0.25, -0.2) is 9.97 Å². The molecule has 1 amide bonds. The first-order valence-corrected chi connectivity index (χ1v) is 8.29. The molecule has 140 valence electrons. The van der Waals surface area contributed by atoms with Crippen LogP contribution in [-0.2, 0) is 17.5 Å². The lowest BCUT2D eigenvalue weighted by molar-refractivity contribution is -0.142. The van der Waals surface area contributed by atoms with E-state index in [-0.39, 0.29) is 24.4 Å². The van der Waals surface area contributed by atoms with Gasteiger partial charge >= 0.3 is 6.18 Å². The number of alkyl halides is 3. The van der Waals surface area contributed by atoms with Gasteiger partial charge in [-0.05, 0) is 18.2 Å². The fourth-order valence-electron chi connectivity index (χ4n) is 2.91. The minimum absolute atomic E-state index is 0.0949. The molecule has 0 atom stereocenters. The van der Waals surface area contributed by atoms with Crippen molar-refractivity contribution in [2.75, 3.05) is 13.1 Å². The van der Waals surface area contributed by atoms with Crippen LogP contribution >= 0.6 is 0 Å². The van der Waals surface area contributed by atoms with Crippen LogP contribution in [-0.4, -0.2) is 44.5 Å². The average molecular weight is 376 g/mol. The van der Waals surface area contributed by atoms with E-state index in [4.69, 9.17) is 4.74 Å². The molecule has 3 aromatic rings. The zero-order valence-electron chi connectivity index (χ0n) is 14.1. The maximum atomic E-state index is 12.7. The van der Waals surface area contributed by atoms with Crippen LogP contribution in [0.1, 0.15) is 5.69 Å². The number of likely N-dealkylation sites (tertiary alicyclic amines) is 1. The molecule has 1 aromatic carbocycles. The zero-order valence-corrected chi connectivity index (χ0v) is 14.1. The standard InChI is InChI=1S/C18H15F3N4O2/c19-18(20,21)15-6-3-7-16(23-15)27-12-8-24(9-12)17(26)10-25-11-22-13-4-1-2-5-14(13)25/h1-7,11-12H,8-10H2. The summed E-state index contributed by atoms with van der Waals surface area (Å²) >= 11 is 0. The van der Waals surface area contributed by atoms with Gasteiger partial charge in [0.05, 0.1) is 30.5 Å². The fourth-order valence-corrected chi connectivity index (χ4v) is 2.91. The third-order valence-electron chi connectivity index (χ3n) is 4.34. The smallest absolute Gasteiger partial charge is 0.433 e. The van der Waals surface area contributed by atoms with Crippen molar-refractivity contribution in [3.63, 3.8) is 0 Å². The Balaban J connectivity index is 1.34. The molecule has 3 heterocycles. The molecule has 27 heavy (non-hydrogen) atoms. The quantitative estimate of drug-likeness (QED) is 0.703. The molecule has 2 aromatic heterocycles. The molecule has 6 nitrogen and oxygen atoms in total. The van der Waals surface area contributed by atoms with Crippen molar-refractivity contribution in [3.05, 3.63) is 54.5 Å². The monoisotopic (exact) mass is 376 g/mol. The molecular weight excluding hydrogens is 361 g/mol. The Bertz CT molecular complexity index is 980. The summed E-state index contributed by atoms with van der Waals surface area (Å²) in [4.78, 5) is 21.7. The maximum Gasteiger partial charge on any atom is 0.433 e. The number of hydrogen-bond donors (Lipinski definition) is 0. The lowest BCUT2D eigenvalue weighted by Gasteiger charge is -2.38. The highest BCUT2D eigenvalue weighted by atomic mass is 19.4. The number of pyridine rings is 1. The van der Waals surface area contributed by atoms with Crippen LogP contribution in [0.5, 0.6) is 5.88 Å². The summed E-state index contributed by atoms with van der Waals surface area (Å²) < 4.78 is 45.3. The molecule has 9 heteroatoms. The predicted octanol–water partition coefficient (Wildman–Crippen LogP) is 2.74. The van der Waals surface area contributed by atoms with Crippen molar-refractivity contribution in [3.8, 4) is 5.88 Å². The number of halogens is 3. The summed E-state index contributed by atoms with van der Waals surface area (Å²) in [6.45, 7) is 0.766. The third-order valence-corrected chi connectivity index (χ3v) is 4.34. The molecule has 0 bridgehead atoms. The van der Waals surface area contributed by atoms with Gasteiger partial charge in [0.2, 0.25) is 11.8 Å². The van der Waals surface area contributed by atoms with Crippen LogP contribution in [0.4, 0.5) is 13.2 Å². The van der Waals surface area contributed by atoms with E-state index < -0.39 is 11.9 Å². The number of ether oxygens (including phenoxy) is 1. The lowest BCUT2D eigenvalue weighted by Crippen LogP contribution is -2.57. The SMILES string of the molecule is O=C(Cn1cnc2ccccc21)N1CC(Oc2cccc(C(F)(F)F)n2)C1. The number of carbonyl (C=O) groups is 1. The number of benzene rings is 1. The van der Waals surface area contributed by atoms with E-state index in [1.165, 1.54) is 12.1 Å². The number of imidazole rings is 1. The number of hydrogen-bond acceptors (Lipinski definition) is 4. The van der Waals surface area contributed by atoms with E-state index in [1.807, 2.05) is 24.3 Å². The highest BCUT2D eigenvalue weighted by Gasteiger charge is 2.35. The molecule has 1 aliphatic heterocycles. The van der Waals surface area contributed by atoms with E-state index in [2.05, 4.69) is 9.97 Å². The number of rotatable bonds is 4. The summed E-state index contributed by atoms with van der Waals surface area (Å²) in [6.07, 6.45) is -3.28. The highest BCUT2D eigenvalue weighted by Crippen LogP contribution is 2.29. The highest BCUT2D eigenvalue weighted by molar-refractivity contribution is 5.81. The van der Waals surface area contributed by atoms with Crippen molar-refractivity contribution >= 4 is 16.9 Å². The first-order valence-electron chi connectivity index (χ1n) is 8.29. The van der Waals surface area contributed by atoms with Crippen LogP contribution < -0.4 is 4.74 Å². The van der Waals surface area contributed by atoms with Crippen LogP contribution in [0.3, 0.4) is 0 Å². The van der Waals surface area contributed by atoms with Gasteiger partial charge in [-0.1, -0.05) is 18.2 Å². The van der Waals surface area contributed by atoms with Gasteiger partial charge in [-0.2, -0.15) is 13.2 Å². The van der Waals surface area contributed by atoms with E-state index in [1.54, 1.807) is 15.8 Å². The lowest BCUT2D eigenvalue weighted by atomic mass is 10.1. The number of fused-ring (bicyclic) bond motifs is 1. The maximum absolute atomic E-state index is 12.7. The van der Waals surface area contributed by atoms with Crippen molar-refractivity contribution in [2.45, 2.75) is 18.8 Å². The second-order valence-electron chi connectivity index (χ2n) is 6.26. The number of aromatic nitrogens is 3. The van der Waals surface area contributed by atoms with E-state index in [0.717, 1.165) is 17.1 Å². The van der Waals surface area contributed by atoms with Gasteiger partial charge in [0, 0.05) is 6.07 Å². The second kappa shape index (κ2) is 6.57. The van der Waals surface area contributed by atoms with Crippen LogP contribution in [0.15, 0.2) is 48.8 Å².